The van der Waals surface area contributed by atoms with Crippen molar-refractivity contribution in [2.24, 2.45) is 16.1 Å². The number of fused-ring (bicyclic) bond motifs is 1. The average Bonchev–Trinajstić information content (AvgIpc) is 3.26. The van der Waals surface area contributed by atoms with Gasteiger partial charge in [0, 0.05) is 18.5 Å². The van der Waals surface area contributed by atoms with Crippen molar-refractivity contribution < 1.29 is 4.74 Å². The fraction of sp³-hybridized carbons (Fsp3) is 0.588. The van der Waals surface area contributed by atoms with Crippen LogP contribution in [0.2, 0.25) is 0 Å². The van der Waals surface area contributed by atoms with Gasteiger partial charge in [-0.2, -0.15) is 0 Å². The van der Waals surface area contributed by atoms with Crippen LogP contribution >= 0.6 is 24.0 Å². The summed E-state index contributed by atoms with van der Waals surface area (Å²) in [6, 6.07) is 8.35. The van der Waals surface area contributed by atoms with E-state index in [0.717, 1.165) is 25.3 Å². The van der Waals surface area contributed by atoms with Gasteiger partial charge < -0.3 is 15.8 Å². The van der Waals surface area contributed by atoms with Gasteiger partial charge in [-0.3, -0.25) is 4.99 Å². The van der Waals surface area contributed by atoms with Crippen molar-refractivity contribution in [1.82, 2.24) is 5.32 Å². The van der Waals surface area contributed by atoms with E-state index in [-0.39, 0.29) is 30.0 Å². The Kier molecular flexibility index (Phi) is 5.94. The lowest BCUT2D eigenvalue weighted by molar-refractivity contribution is 0.262. The second kappa shape index (κ2) is 7.53. The number of halogens is 1. The highest BCUT2D eigenvalue weighted by Gasteiger charge is 2.41. The van der Waals surface area contributed by atoms with Gasteiger partial charge in [-0.1, -0.05) is 31.5 Å². The van der Waals surface area contributed by atoms with Gasteiger partial charge >= 0.3 is 0 Å². The first-order valence-electron chi connectivity index (χ1n) is 8.01. The Morgan fingerprint density at radius 1 is 1.41 bits per heavy atom. The molecule has 1 heterocycles. The number of guanidine groups is 1. The fourth-order valence-electron chi connectivity index (χ4n) is 3.16. The Morgan fingerprint density at radius 2 is 2.18 bits per heavy atom. The second-order valence-corrected chi connectivity index (χ2v) is 6.32. The lowest BCUT2D eigenvalue weighted by Crippen LogP contribution is -2.37. The quantitative estimate of drug-likeness (QED) is 0.439. The zero-order chi connectivity index (χ0) is 14.7. The molecule has 0 bridgehead atoms. The van der Waals surface area contributed by atoms with Gasteiger partial charge in [0.05, 0.1) is 12.6 Å². The third kappa shape index (κ3) is 4.06. The topological polar surface area (TPSA) is 59.6 Å². The molecule has 1 fully saturated rings. The molecule has 0 saturated heterocycles. The predicted molar refractivity (Wildman–Crippen MR) is 101 cm³/mol. The normalized spacial score (nSPS) is 22.0. The Hall–Kier alpha value is -0.980. The molecular weight excluding hydrogens is 389 g/mol. The second-order valence-electron chi connectivity index (χ2n) is 6.32. The molecular formula is C17H26IN3O. The molecule has 1 aromatic carbocycles. The van der Waals surface area contributed by atoms with Crippen molar-refractivity contribution in [2.75, 3.05) is 13.2 Å². The highest BCUT2D eigenvalue weighted by atomic mass is 127. The molecule has 0 radical (unpaired) electrons. The number of hydrogen-bond acceptors (Lipinski definition) is 2. The summed E-state index contributed by atoms with van der Waals surface area (Å²) < 4.78 is 5.67. The number of rotatable bonds is 5. The Labute approximate surface area is 149 Å². The van der Waals surface area contributed by atoms with Crippen molar-refractivity contribution in [3.63, 3.8) is 0 Å². The summed E-state index contributed by atoms with van der Waals surface area (Å²) >= 11 is 0. The molecule has 1 saturated carbocycles. The zero-order valence-corrected chi connectivity index (χ0v) is 15.5. The summed E-state index contributed by atoms with van der Waals surface area (Å²) in [5.74, 6) is 1.53. The molecule has 4 nitrogen and oxygen atoms in total. The van der Waals surface area contributed by atoms with Crippen molar-refractivity contribution in [2.45, 2.75) is 45.1 Å². The minimum absolute atomic E-state index is 0. The monoisotopic (exact) mass is 415 g/mol. The highest BCUT2D eigenvalue weighted by molar-refractivity contribution is 14.0. The number of aliphatic imine (C=N–C) groups is 1. The van der Waals surface area contributed by atoms with E-state index in [2.05, 4.69) is 23.3 Å². The molecule has 122 valence electrons. The highest BCUT2D eigenvalue weighted by Crippen LogP contribution is 2.49. The summed E-state index contributed by atoms with van der Waals surface area (Å²) in [4.78, 5) is 4.59. The van der Waals surface area contributed by atoms with Crippen LogP contribution in [0.3, 0.4) is 0 Å². The van der Waals surface area contributed by atoms with Gasteiger partial charge in [0.15, 0.2) is 5.96 Å². The number of benzene rings is 1. The summed E-state index contributed by atoms with van der Waals surface area (Å²) in [6.45, 7) is 3.83. The molecule has 1 atom stereocenters. The Bertz CT molecular complexity index is 528. The van der Waals surface area contributed by atoms with Crippen LogP contribution in [0.15, 0.2) is 29.3 Å². The van der Waals surface area contributed by atoms with E-state index in [1.807, 2.05) is 18.2 Å². The maximum Gasteiger partial charge on any atom is 0.189 e. The molecule has 1 aliphatic heterocycles. The minimum atomic E-state index is 0. The molecule has 5 heteroatoms. The van der Waals surface area contributed by atoms with E-state index in [1.165, 1.54) is 31.2 Å². The Balaban J connectivity index is 0.00000176. The van der Waals surface area contributed by atoms with Crippen LogP contribution < -0.4 is 15.8 Å². The van der Waals surface area contributed by atoms with Crippen molar-refractivity contribution >= 4 is 29.9 Å². The fourth-order valence-corrected chi connectivity index (χ4v) is 3.16. The van der Waals surface area contributed by atoms with Gasteiger partial charge in [-0.25, -0.2) is 0 Å². The van der Waals surface area contributed by atoms with E-state index in [0.29, 0.717) is 11.4 Å². The van der Waals surface area contributed by atoms with Gasteiger partial charge in [0.1, 0.15) is 5.75 Å². The Morgan fingerprint density at radius 3 is 2.91 bits per heavy atom. The molecule has 3 rings (SSSR count). The lowest BCUT2D eigenvalue weighted by Gasteiger charge is -2.27. The van der Waals surface area contributed by atoms with Crippen LogP contribution in [-0.2, 0) is 0 Å². The smallest absolute Gasteiger partial charge is 0.189 e. The third-order valence-electron chi connectivity index (χ3n) is 4.60. The molecule has 1 unspecified atom stereocenters. The zero-order valence-electron chi connectivity index (χ0n) is 13.2. The average molecular weight is 415 g/mol. The lowest BCUT2D eigenvalue weighted by atomic mass is 10.0. The first-order chi connectivity index (χ1) is 10.2. The molecule has 22 heavy (non-hydrogen) atoms. The standard InChI is InChI=1S/C17H25N3O.HI/c1-2-8-17(9-10-17)12-19-16(18)20-14-7-11-21-15-6-4-3-5-13(14)15;/h3-6,14H,2,7-12H2,1H3,(H3,18,19,20);1H. The van der Waals surface area contributed by atoms with E-state index < -0.39 is 0 Å². The van der Waals surface area contributed by atoms with E-state index in [9.17, 15) is 0 Å². The number of para-hydroxylation sites is 1. The minimum Gasteiger partial charge on any atom is -0.493 e. The van der Waals surface area contributed by atoms with Crippen LogP contribution in [-0.4, -0.2) is 19.1 Å². The molecule has 1 aromatic rings. The number of hydrogen-bond donors (Lipinski definition) is 2. The molecule has 2 aliphatic rings. The largest absolute Gasteiger partial charge is 0.493 e. The molecule has 3 N–H and O–H groups in total. The first kappa shape index (κ1) is 17.4. The van der Waals surface area contributed by atoms with Crippen LogP contribution in [0.4, 0.5) is 0 Å². The molecule has 0 spiro atoms. The van der Waals surface area contributed by atoms with Crippen molar-refractivity contribution in [3.8, 4) is 5.75 Å². The molecule has 0 amide bonds. The number of nitrogens with one attached hydrogen (secondary N) is 1. The van der Waals surface area contributed by atoms with Crippen LogP contribution in [0, 0.1) is 5.41 Å². The summed E-state index contributed by atoms with van der Waals surface area (Å²) in [7, 11) is 0. The van der Waals surface area contributed by atoms with Gasteiger partial charge in [-0.15, -0.1) is 24.0 Å². The number of nitrogens with zero attached hydrogens (tertiary/aromatic N) is 1. The van der Waals surface area contributed by atoms with Crippen LogP contribution in [0.1, 0.15) is 50.6 Å². The number of ether oxygens (including phenoxy) is 1. The van der Waals surface area contributed by atoms with Crippen LogP contribution in [0.5, 0.6) is 5.75 Å². The molecule has 0 aromatic heterocycles. The van der Waals surface area contributed by atoms with Gasteiger partial charge in [0.25, 0.3) is 0 Å². The van der Waals surface area contributed by atoms with Crippen molar-refractivity contribution in [1.29, 1.82) is 0 Å². The van der Waals surface area contributed by atoms with E-state index >= 15 is 0 Å². The number of nitrogens with two attached hydrogens (primary N) is 1. The SMILES string of the molecule is CCCC1(CN=C(N)NC2CCOc3ccccc32)CC1.I. The third-order valence-corrected chi connectivity index (χ3v) is 4.60. The summed E-state index contributed by atoms with van der Waals surface area (Å²) in [5.41, 5.74) is 7.72. The first-order valence-corrected chi connectivity index (χ1v) is 8.01. The molecule has 1 aliphatic carbocycles. The van der Waals surface area contributed by atoms with Crippen LogP contribution in [0.25, 0.3) is 0 Å². The van der Waals surface area contributed by atoms with Crippen molar-refractivity contribution in [3.05, 3.63) is 29.8 Å². The van der Waals surface area contributed by atoms with Gasteiger partial charge in [-0.05, 0) is 30.7 Å². The predicted octanol–water partition coefficient (Wildman–Crippen LogP) is 3.61. The maximum absolute atomic E-state index is 6.09. The van der Waals surface area contributed by atoms with Gasteiger partial charge in [0.2, 0.25) is 0 Å². The van der Waals surface area contributed by atoms with E-state index in [4.69, 9.17) is 10.5 Å². The summed E-state index contributed by atoms with van der Waals surface area (Å²) in [5, 5.41) is 3.37. The summed E-state index contributed by atoms with van der Waals surface area (Å²) in [6.07, 6.45) is 6.03. The van der Waals surface area contributed by atoms with E-state index in [1.54, 1.807) is 0 Å². The maximum atomic E-state index is 6.09.